The first-order valence-corrected chi connectivity index (χ1v) is 5.82. The Labute approximate surface area is 90.9 Å². The summed E-state index contributed by atoms with van der Waals surface area (Å²) in [5.74, 6) is 0.696. The highest BCUT2D eigenvalue weighted by Gasteiger charge is 2.37. The van der Waals surface area contributed by atoms with Gasteiger partial charge in [-0.15, -0.1) is 0 Å². The molecule has 2 aliphatic rings. The minimum atomic E-state index is 0.198. The van der Waals surface area contributed by atoms with Gasteiger partial charge in [-0.05, 0) is 26.3 Å². The van der Waals surface area contributed by atoms with Crippen molar-refractivity contribution in [3.05, 3.63) is 0 Å². The van der Waals surface area contributed by atoms with Gasteiger partial charge in [0, 0.05) is 31.6 Å². The molecule has 0 spiro atoms. The van der Waals surface area contributed by atoms with Gasteiger partial charge in [-0.2, -0.15) is 0 Å². The van der Waals surface area contributed by atoms with Crippen molar-refractivity contribution in [1.82, 2.24) is 9.80 Å². The fourth-order valence-corrected chi connectivity index (χ4v) is 2.23. The minimum Gasteiger partial charge on any atom is -0.395 e. The molecular weight excluding hydrogens is 192 g/mol. The van der Waals surface area contributed by atoms with Gasteiger partial charge in [-0.3, -0.25) is 9.69 Å². The summed E-state index contributed by atoms with van der Waals surface area (Å²) in [6, 6.07) is 0.444. The predicted molar refractivity (Wildman–Crippen MR) is 57.4 cm³/mol. The van der Waals surface area contributed by atoms with E-state index in [9.17, 15) is 4.79 Å². The van der Waals surface area contributed by atoms with Gasteiger partial charge in [0.15, 0.2) is 0 Å². The monoisotopic (exact) mass is 212 g/mol. The van der Waals surface area contributed by atoms with Gasteiger partial charge >= 0.3 is 0 Å². The topological polar surface area (TPSA) is 43.8 Å². The molecule has 1 atom stereocenters. The van der Waals surface area contributed by atoms with Crippen LogP contribution in [0.2, 0.25) is 0 Å². The Kier molecular flexibility index (Phi) is 3.26. The van der Waals surface area contributed by atoms with E-state index in [4.69, 9.17) is 5.11 Å². The molecule has 1 amide bonds. The summed E-state index contributed by atoms with van der Waals surface area (Å²) in [6.07, 6.45) is 3.23. The lowest BCUT2D eigenvalue weighted by Gasteiger charge is -2.23. The maximum Gasteiger partial charge on any atom is 0.225 e. The molecule has 1 unspecified atom stereocenters. The number of hydrogen-bond acceptors (Lipinski definition) is 3. The van der Waals surface area contributed by atoms with Crippen LogP contribution in [0.4, 0.5) is 0 Å². The largest absolute Gasteiger partial charge is 0.395 e. The van der Waals surface area contributed by atoms with Crippen molar-refractivity contribution in [2.45, 2.75) is 25.3 Å². The van der Waals surface area contributed by atoms with E-state index in [1.807, 2.05) is 11.9 Å². The lowest BCUT2D eigenvalue weighted by molar-refractivity contribution is -0.131. The van der Waals surface area contributed by atoms with Gasteiger partial charge in [0.2, 0.25) is 5.91 Å². The number of nitrogens with zero attached hydrogens (tertiary/aromatic N) is 2. The van der Waals surface area contributed by atoms with Gasteiger partial charge in [-0.1, -0.05) is 0 Å². The number of carbonyl (C=O) groups excluding carboxylic acids is 1. The van der Waals surface area contributed by atoms with Gasteiger partial charge in [0.25, 0.3) is 0 Å². The van der Waals surface area contributed by atoms with Gasteiger partial charge in [0.05, 0.1) is 6.61 Å². The summed E-state index contributed by atoms with van der Waals surface area (Å²) in [5.41, 5.74) is 0. The Morgan fingerprint density at radius 1 is 1.47 bits per heavy atom. The van der Waals surface area contributed by atoms with Gasteiger partial charge < -0.3 is 10.0 Å². The standard InChI is InChI=1S/C11H20N2O2/c1-12(6-7-14)10-4-5-13(8-10)11(15)9-2-3-9/h9-10,14H,2-8H2,1H3. The molecule has 4 heteroatoms. The van der Waals surface area contributed by atoms with Crippen LogP contribution < -0.4 is 0 Å². The first kappa shape index (κ1) is 10.9. The average molecular weight is 212 g/mol. The molecule has 0 aromatic rings. The number of carbonyl (C=O) groups is 1. The van der Waals surface area contributed by atoms with E-state index in [2.05, 4.69) is 4.90 Å². The highest BCUT2D eigenvalue weighted by molar-refractivity contribution is 5.81. The van der Waals surface area contributed by atoms with E-state index < -0.39 is 0 Å². The van der Waals surface area contributed by atoms with E-state index in [1.54, 1.807) is 0 Å². The summed E-state index contributed by atoms with van der Waals surface area (Å²) in [7, 11) is 2.02. The number of hydrogen-bond donors (Lipinski definition) is 1. The zero-order valence-electron chi connectivity index (χ0n) is 9.35. The van der Waals surface area contributed by atoms with Gasteiger partial charge in [-0.25, -0.2) is 0 Å². The summed E-state index contributed by atoms with van der Waals surface area (Å²) >= 11 is 0. The molecule has 2 rings (SSSR count). The molecule has 1 saturated heterocycles. The summed E-state index contributed by atoms with van der Waals surface area (Å²) < 4.78 is 0. The van der Waals surface area contributed by atoms with E-state index in [0.717, 1.165) is 32.4 Å². The summed E-state index contributed by atoms with van der Waals surface area (Å²) in [6.45, 7) is 2.65. The van der Waals surface area contributed by atoms with Crippen molar-refractivity contribution in [3.8, 4) is 0 Å². The molecule has 86 valence electrons. The highest BCUT2D eigenvalue weighted by Crippen LogP contribution is 2.32. The fraction of sp³-hybridized carbons (Fsp3) is 0.909. The zero-order chi connectivity index (χ0) is 10.8. The first-order valence-electron chi connectivity index (χ1n) is 5.82. The molecule has 1 N–H and O–H groups in total. The Hall–Kier alpha value is -0.610. The van der Waals surface area contributed by atoms with Crippen LogP contribution in [0.1, 0.15) is 19.3 Å². The Bertz CT molecular complexity index is 241. The quantitative estimate of drug-likeness (QED) is 0.709. The summed E-state index contributed by atoms with van der Waals surface area (Å²) in [4.78, 5) is 15.9. The highest BCUT2D eigenvalue weighted by atomic mass is 16.3. The molecule has 0 aromatic heterocycles. The predicted octanol–water partition coefficient (Wildman–Crippen LogP) is -0.0786. The molecule has 15 heavy (non-hydrogen) atoms. The van der Waals surface area contributed by atoms with Crippen LogP contribution in [0.25, 0.3) is 0 Å². The lowest BCUT2D eigenvalue weighted by Crippen LogP contribution is -2.38. The number of rotatable bonds is 4. The number of amides is 1. The van der Waals surface area contributed by atoms with E-state index in [-0.39, 0.29) is 6.61 Å². The molecule has 1 saturated carbocycles. The molecule has 4 nitrogen and oxygen atoms in total. The van der Waals surface area contributed by atoms with E-state index in [0.29, 0.717) is 24.4 Å². The van der Waals surface area contributed by atoms with Crippen LogP contribution >= 0.6 is 0 Å². The number of aliphatic hydroxyl groups excluding tert-OH is 1. The van der Waals surface area contributed by atoms with Crippen LogP contribution in [-0.4, -0.2) is 60.1 Å². The van der Waals surface area contributed by atoms with Crippen LogP contribution in [0.3, 0.4) is 0 Å². The molecule has 1 heterocycles. The van der Waals surface area contributed by atoms with Crippen LogP contribution in [0.5, 0.6) is 0 Å². The SMILES string of the molecule is CN(CCO)C1CCN(C(=O)C2CC2)C1. The molecule has 1 aliphatic carbocycles. The van der Waals surface area contributed by atoms with Crippen molar-refractivity contribution in [2.75, 3.05) is 33.3 Å². The third kappa shape index (κ3) is 2.49. The molecule has 0 radical (unpaired) electrons. The maximum atomic E-state index is 11.8. The molecular formula is C11H20N2O2. The van der Waals surface area contributed by atoms with Crippen LogP contribution in [0.15, 0.2) is 0 Å². The molecule has 1 aliphatic heterocycles. The molecule has 2 fully saturated rings. The number of likely N-dealkylation sites (N-methyl/N-ethyl adjacent to an activating group) is 1. The second kappa shape index (κ2) is 4.49. The van der Waals surface area contributed by atoms with Crippen molar-refractivity contribution in [2.24, 2.45) is 5.92 Å². The Morgan fingerprint density at radius 3 is 2.80 bits per heavy atom. The van der Waals surface area contributed by atoms with Gasteiger partial charge in [0.1, 0.15) is 0 Å². The Morgan fingerprint density at radius 2 is 2.20 bits per heavy atom. The summed E-state index contributed by atoms with van der Waals surface area (Å²) in [5, 5.41) is 8.85. The third-order valence-corrected chi connectivity index (χ3v) is 3.48. The van der Waals surface area contributed by atoms with Crippen LogP contribution in [0, 0.1) is 5.92 Å². The molecule has 0 aromatic carbocycles. The number of likely N-dealkylation sites (tertiary alicyclic amines) is 1. The lowest BCUT2D eigenvalue weighted by atomic mass is 10.2. The normalized spacial score (nSPS) is 26.3. The van der Waals surface area contributed by atoms with Crippen LogP contribution in [-0.2, 0) is 4.79 Å². The fourth-order valence-electron chi connectivity index (χ4n) is 2.23. The third-order valence-electron chi connectivity index (χ3n) is 3.48. The zero-order valence-corrected chi connectivity index (χ0v) is 9.35. The maximum absolute atomic E-state index is 11.8. The Balaban J connectivity index is 1.80. The van der Waals surface area contributed by atoms with Crippen molar-refractivity contribution in [1.29, 1.82) is 0 Å². The minimum absolute atomic E-state index is 0.198. The van der Waals surface area contributed by atoms with Crippen molar-refractivity contribution in [3.63, 3.8) is 0 Å². The van der Waals surface area contributed by atoms with Crippen molar-refractivity contribution >= 4 is 5.91 Å². The average Bonchev–Trinajstić information content (AvgIpc) is 2.95. The second-order valence-electron chi connectivity index (χ2n) is 4.71. The smallest absolute Gasteiger partial charge is 0.225 e. The van der Waals surface area contributed by atoms with Crippen molar-refractivity contribution < 1.29 is 9.90 Å². The second-order valence-corrected chi connectivity index (χ2v) is 4.71. The number of aliphatic hydroxyl groups is 1. The first-order chi connectivity index (χ1) is 7.22. The van der Waals surface area contributed by atoms with E-state index in [1.165, 1.54) is 0 Å². The van der Waals surface area contributed by atoms with E-state index >= 15 is 0 Å². The molecule has 0 bridgehead atoms.